The standard InChI is InChI=1S/C10H15ClN2OS/c1-2-7-5-3-4-6-8(7)14-10-9(11)12-15-13-10/h7-8H,2-6H2,1H3. The fourth-order valence-electron chi connectivity index (χ4n) is 2.18. The average Bonchev–Trinajstić information content (AvgIpc) is 2.65. The summed E-state index contributed by atoms with van der Waals surface area (Å²) in [6.45, 7) is 2.22. The molecular formula is C10H15ClN2OS. The molecule has 1 heterocycles. The van der Waals surface area contributed by atoms with Gasteiger partial charge in [0.1, 0.15) is 6.10 Å². The van der Waals surface area contributed by atoms with Crippen LogP contribution in [0.25, 0.3) is 0 Å². The lowest BCUT2D eigenvalue weighted by atomic mass is 9.85. The first-order chi connectivity index (χ1) is 7.31. The van der Waals surface area contributed by atoms with E-state index in [-0.39, 0.29) is 6.10 Å². The smallest absolute Gasteiger partial charge is 0.265 e. The number of rotatable bonds is 3. The van der Waals surface area contributed by atoms with Crippen LogP contribution < -0.4 is 4.74 Å². The van der Waals surface area contributed by atoms with E-state index < -0.39 is 0 Å². The van der Waals surface area contributed by atoms with Crippen LogP contribution in [0, 0.1) is 5.92 Å². The van der Waals surface area contributed by atoms with Crippen molar-refractivity contribution < 1.29 is 4.74 Å². The van der Waals surface area contributed by atoms with Crippen molar-refractivity contribution in [1.82, 2.24) is 8.75 Å². The van der Waals surface area contributed by atoms with Crippen LogP contribution in [0.1, 0.15) is 39.0 Å². The third kappa shape index (κ3) is 2.61. The van der Waals surface area contributed by atoms with Gasteiger partial charge in [0.2, 0.25) is 5.15 Å². The van der Waals surface area contributed by atoms with Gasteiger partial charge in [-0.1, -0.05) is 24.9 Å². The lowest BCUT2D eigenvalue weighted by Gasteiger charge is -2.30. The third-order valence-electron chi connectivity index (χ3n) is 3.05. The van der Waals surface area contributed by atoms with E-state index in [0.29, 0.717) is 17.0 Å². The molecule has 1 saturated carbocycles. The van der Waals surface area contributed by atoms with Gasteiger partial charge in [-0.25, -0.2) is 0 Å². The second-order valence-electron chi connectivity index (χ2n) is 3.97. The quantitative estimate of drug-likeness (QED) is 0.818. The molecule has 1 fully saturated rings. The van der Waals surface area contributed by atoms with E-state index in [4.69, 9.17) is 16.3 Å². The van der Waals surface area contributed by atoms with Crippen molar-refractivity contribution in [3.63, 3.8) is 0 Å². The first kappa shape index (κ1) is 11.1. The van der Waals surface area contributed by atoms with Gasteiger partial charge in [-0.2, -0.15) is 4.37 Å². The van der Waals surface area contributed by atoms with E-state index in [1.54, 1.807) is 0 Å². The van der Waals surface area contributed by atoms with Crippen LogP contribution in [-0.4, -0.2) is 14.9 Å². The molecule has 0 aromatic carbocycles. The second-order valence-corrected chi connectivity index (χ2v) is 4.86. The number of ether oxygens (including phenoxy) is 1. The highest BCUT2D eigenvalue weighted by atomic mass is 35.5. The van der Waals surface area contributed by atoms with Crippen LogP contribution >= 0.6 is 23.3 Å². The highest BCUT2D eigenvalue weighted by Crippen LogP contribution is 2.32. The van der Waals surface area contributed by atoms with Crippen LogP contribution in [0.2, 0.25) is 5.15 Å². The van der Waals surface area contributed by atoms with Crippen molar-refractivity contribution in [3.05, 3.63) is 5.15 Å². The average molecular weight is 247 g/mol. The minimum Gasteiger partial charge on any atom is -0.471 e. The lowest BCUT2D eigenvalue weighted by molar-refractivity contribution is 0.0868. The summed E-state index contributed by atoms with van der Waals surface area (Å²) in [5.74, 6) is 1.17. The van der Waals surface area contributed by atoms with E-state index in [9.17, 15) is 0 Å². The molecule has 5 heteroatoms. The SMILES string of the molecule is CCC1CCCCC1Oc1nsnc1Cl. The Morgan fingerprint density at radius 1 is 1.40 bits per heavy atom. The maximum Gasteiger partial charge on any atom is 0.265 e. The monoisotopic (exact) mass is 246 g/mol. The van der Waals surface area contributed by atoms with Crippen molar-refractivity contribution in [2.24, 2.45) is 5.92 Å². The van der Waals surface area contributed by atoms with E-state index in [1.165, 1.54) is 25.7 Å². The van der Waals surface area contributed by atoms with Crippen molar-refractivity contribution >= 4 is 23.3 Å². The van der Waals surface area contributed by atoms with Gasteiger partial charge in [0.05, 0.1) is 11.7 Å². The normalized spacial score (nSPS) is 26.5. The number of nitrogens with zero attached hydrogens (tertiary/aromatic N) is 2. The molecule has 0 radical (unpaired) electrons. The first-order valence-electron chi connectivity index (χ1n) is 5.46. The molecule has 0 N–H and O–H groups in total. The largest absolute Gasteiger partial charge is 0.471 e. The zero-order valence-corrected chi connectivity index (χ0v) is 10.4. The minimum atomic E-state index is 0.283. The second kappa shape index (κ2) is 5.12. The molecule has 1 aliphatic carbocycles. The molecule has 1 aromatic heterocycles. The van der Waals surface area contributed by atoms with E-state index in [1.807, 2.05) is 0 Å². The summed E-state index contributed by atoms with van der Waals surface area (Å²) in [4.78, 5) is 0. The Labute approximate surface area is 99.1 Å². The van der Waals surface area contributed by atoms with Gasteiger partial charge < -0.3 is 4.74 Å². The number of aromatic nitrogens is 2. The van der Waals surface area contributed by atoms with E-state index in [0.717, 1.165) is 18.1 Å². The summed E-state index contributed by atoms with van der Waals surface area (Å²) >= 11 is 6.97. The molecule has 0 saturated heterocycles. The summed E-state index contributed by atoms with van der Waals surface area (Å²) in [5, 5.41) is 0.403. The molecule has 1 aliphatic rings. The van der Waals surface area contributed by atoms with Gasteiger partial charge in [-0.3, -0.25) is 0 Å². The minimum absolute atomic E-state index is 0.283. The van der Waals surface area contributed by atoms with Crippen molar-refractivity contribution in [1.29, 1.82) is 0 Å². The molecule has 3 nitrogen and oxygen atoms in total. The fourth-order valence-corrected chi connectivity index (χ4v) is 2.80. The molecular weight excluding hydrogens is 232 g/mol. The molecule has 1 aromatic rings. The third-order valence-corrected chi connectivity index (χ3v) is 3.91. The molecule has 0 bridgehead atoms. The number of hydrogen-bond acceptors (Lipinski definition) is 4. The Balaban J connectivity index is 2.00. The van der Waals surface area contributed by atoms with Crippen LogP contribution in [-0.2, 0) is 0 Å². The Morgan fingerprint density at radius 2 is 2.20 bits per heavy atom. The first-order valence-corrected chi connectivity index (χ1v) is 6.56. The zero-order valence-electron chi connectivity index (χ0n) is 8.78. The summed E-state index contributed by atoms with van der Waals surface area (Å²) in [5.41, 5.74) is 0. The zero-order chi connectivity index (χ0) is 10.7. The highest BCUT2D eigenvalue weighted by Gasteiger charge is 2.26. The van der Waals surface area contributed by atoms with Crippen molar-refractivity contribution in [2.75, 3.05) is 0 Å². The molecule has 0 aliphatic heterocycles. The lowest BCUT2D eigenvalue weighted by Crippen LogP contribution is -2.30. The maximum absolute atomic E-state index is 5.86. The highest BCUT2D eigenvalue weighted by molar-refractivity contribution is 6.99. The molecule has 0 amide bonds. The van der Waals surface area contributed by atoms with Crippen LogP contribution in [0.3, 0.4) is 0 Å². The molecule has 15 heavy (non-hydrogen) atoms. The summed E-state index contributed by atoms with van der Waals surface area (Å²) in [6.07, 6.45) is 6.39. The van der Waals surface area contributed by atoms with Crippen molar-refractivity contribution in [2.45, 2.75) is 45.1 Å². The molecule has 2 rings (SSSR count). The fraction of sp³-hybridized carbons (Fsp3) is 0.800. The Hall–Kier alpha value is -0.350. The van der Waals surface area contributed by atoms with Crippen molar-refractivity contribution in [3.8, 4) is 5.88 Å². The van der Waals surface area contributed by atoms with Crippen LogP contribution in [0.5, 0.6) is 5.88 Å². The van der Waals surface area contributed by atoms with Gasteiger partial charge in [-0.05, 0) is 31.6 Å². The maximum atomic E-state index is 5.86. The van der Waals surface area contributed by atoms with Gasteiger partial charge in [0.25, 0.3) is 5.88 Å². The Kier molecular flexibility index (Phi) is 3.81. The van der Waals surface area contributed by atoms with Gasteiger partial charge in [-0.15, -0.1) is 4.37 Å². The molecule has 2 atom stereocenters. The molecule has 2 unspecified atom stereocenters. The Bertz CT molecular complexity index is 318. The van der Waals surface area contributed by atoms with Gasteiger partial charge in [0.15, 0.2) is 0 Å². The number of hydrogen-bond donors (Lipinski definition) is 0. The summed E-state index contributed by atoms with van der Waals surface area (Å²) < 4.78 is 13.8. The van der Waals surface area contributed by atoms with Gasteiger partial charge >= 0.3 is 0 Å². The molecule has 0 spiro atoms. The number of halogens is 1. The summed E-state index contributed by atoms with van der Waals surface area (Å²) in [6, 6.07) is 0. The van der Waals surface area contributed by atoms with Crippen LogP contribution in [0.4, 0.5) is 0 Å². The predicted molar refractivity (Wildman–Crippen MR) is 61.6 cm³/mol. The molecule has 84 valence electrons. The van der Waals surface area contributed by atoms with E-state index in [2.05, 4.69) is 15.7 Å². The predicted octanol–water partition coefficient (Wildman–Crippen LogP) is 3.54. The van der Waals surface area contributed by atoms with Gasteiger partial charge in [0, 0.05) is 0 Å². The summed E-state index contributed by atoms with van der Waals surface area (Å²) in [7, 11) is 0. The van der Waals surface area contributed by atoms with Crippen LogP contribution in [0.15, 0.2) is 0 Å². The topological polar surface area (TPSA) is 35.0 Å². The van der Waals surface area contributed by atoms with E-state index >= 15 is 0 Å². The Morgan fingerprint density at radius 3 is 2.87 bits per heavy atom.